The van der Waals surface area contributed by atoms with Crippen molar-refractivity contribution < 1.29 is 0 Å². The minimum atomic E-state index is 0.645. The summed E-state index contributed by atoms with van der Waals surface area (Å²) >= 11 is 1.79. The van der Waals surface area contributed by atoms with E-state index in [9.17, 15) is 0 Å². The van der Waals surface area contributed by atoms with Gasteiger partial charge in [-0.25, -0.2) is 15.0 Å². The van der Waals surface area contributed by atoms with Gasteiger partial charge in [-0.1, -0.05) is 164 Å². The van der Waals surface area contributed by atoms with Crippen molar-refractivity contribution in [2.75, 3.05) is 0 Å². The molecule has 0 spiro atoms. The third-order valence-corrected chi connectivity index (χ3v) is 12.0. The third-order valence-electron chi connectivity index (χ3n) is 10.7. The summed E-state index contributed by atoms with van der Waals surface area (Å²) in [6, 6.07) is 66.9. The van der Waals surface area contributed by atoms with Crippen LogP contribution in [0.25, 0.3) is 109 Å². The lowest BCUT2D eigenvalue weighted by atomic mass is 9.92. The maximum Gasteiger partial charge on any atom is 0.165 e. The topological polar surface area (TPSA) is 38.7 Å². The third kappa shape index (κ3) is 5.30. The van der Waals surface area contributed by atoms with E-state index in [1.54, 1.807) is 11.3 Å². The van der Waals surface area contributed by atoms with E-state index in [-0.39, 0.29) is 0 Å². The van der Waals surface area contributed by atoms with E-state index < -0.39 is 0 Å². The van der Waals surface area contributed by atoms with Crippen molar-refractivity contribution >= 4 is 63.8 Å². The highest BCUT2D eigenvalue weighted by Gasteiger charge is 2.22. The van der Waals surface area contributed by atoms with Crippen molar-refractivity contribution in [3.63, 3.8) is 0 Å². The number of aromatic nitrogens is 3. The molecule has 0 radical (unpaired) electrons. The number of hydrogen-bond acceptors (Lipinski definition) is 4. The van der Waals surface area contributed by atoms with Crippen LogP contribution in [0.15, 0.2) is 188 Å². The predicted octanol–water partition coefficient (Wildman–Crippen LogP) is 14.0. The minimum Gasteiger partial charge on any atom is -0.208 e. The number of fused-ring (bicyclic) bond motifs is 6. The summed E-state index contributed by atoms with van der Waals surface area (Å²) in [5, 5.41) is 9.34. The first-order valence-corrected chi connectivity index (χ1v) is 19.3. The lowest BCUT2D eigenvalue weighted by Gasteiger charge is -2.16. The van der Waals surface area contributed by atoms with Gasteiger partial charge in [-0.3, -0.25) is 0 Å². The van der Waals surface area contributed by atoms with Crippen molar-refractivity contribution in [3.05, 3.63) is 188 Å². The zero-order chi connectivity index (χ0) is 36.3. The van der Waals surface area contributed by atoms with Gasteiger partial charge in [0.2, 0.25) is 0 Å². The Balaban J connectivity index is 1.22. The monoisotopic (exact) mass is 717 g/mol. The molecule has 4 heteroatoms. The average Bonchev–Trinajstić information content (AvgIpc) is 3.64. The molecular weight excluding hydrogens is 687 g/mol. The molecule has 3 nitrogen and oxygen atoms in total. The number of nitrogens with zero attached hydrogens (tertiary/aromatic N) is 3. The molecule has 0 amide bonds. The van der Waals surface area contributed by atoms with Crippen LogP contribution in [0.3, 0.4) is 0 Å². The van der Waals surface area contributed by atoms with Crippen molar-refractivity contribution in [1.82, 2.24) is 15.0 Å². The molecule has 9 aromatic carbocycles. The molecule has 0 saturated heterocycles. The largest absolute Gasteiger partial charge is 0.208 e. The summed E-state index contributed by atoms with van der Waals surface area (Å²) in [5.74, 6) is 1.95. The maximum atomic E-state index is 5.45. The molecule has 2 heterocycles. The lowest BCUT2D eigenvalue weighted by Crippen LogP contribution is -2.02. The molecule has 0 bridgehead atoms. The molecule has 0 unspecified atom stereocenters. The van der Waals surface area contributed by atoms with Crippen molar-refractivity contribution in [1.29, 1.82) is 0 Å². The molecule has 0 fully saturated rings. The molecule has 0 N–H and O–H groups in total. The van der Waals surface area contributed by atoms with Crippen LogP contribution in [-0.4, -0.2) is 15.0 Å². The van der Waals surface area contributed by atoms with Crippen LogP contribution >= 0.6 is 11.3 Å². The van der Waals surface area contributed by atoms with Crippen LogP contribution in [-0.2, 0) is 0 Å². The quantitative estimate of drug-likeness (QED) is 0.178. The van der Waals surface area contributed by atoms with E-state index in [4.69, 9.17) is 15.0 Å². The Morgan fingerprint density at radius 2 is 0.891 bits per heavy atom. The molecule has 256 valence electrons. The van der Waals surface area contributed by atoms with Crippen LogP contribution in [0, 0.1) is 0 Å². The highest BCUT2D eigenvalue weighted by atomic mass is 32.1. The van der Waals surface area contributed by atoms with Gasteiger partial charge in [-0.05, 0) is 78.8 Å². The van der Waals surface area contributed by atoms with Crippen molar-refractivity contribution in [3.8, 4) is 56.4 Å². The molecular formula is C51H31N3S. The number of thiophene rings is 1. The molecule has 11 aromatic rings. The van der Waals surface area contributed by atoms with Gasteiger partial charge in [-0.15, -0.1) is 11.3 Å². The average molecular weight is 718 g/mol. The lowest BCUT2D eigenvalue weighted by molar-refractivity contribution is 1.08. The molecule has 2 aromatic heterocycles. The van der Waals surface area contributed by atoms with Crippen LogP contribution in [0.2, 0.25) is 0 Å². The molecule has 0 aliphatic carbocycles. The van der Waals surface area contributed by atoms with Gasteiger partial charge in [0.25, 0.3) is 0 Å². The van der Waals surface area contributed by atoms with E-state index in [2.05, 4.69) is 188 Å². The van der Waals surface area contributed by atoms with Gasteiger partial charge in [0, 0.05) is 36.9 Å². The van der Waals surface area contributed by atoms with Gasteiger partial charge in [0.1, 0.15) is 0 Å². The normalized spacial score (nSPS) is 11.6. The van der Waals surface area contributed by atoms with Crippen molar-refractivity contribution in [2.24, 2.45) is 0 Å². The van der Waals surface area contributed by atoms with Gasteiger partial charge in [-0.2, -0.15) is 0 Å². The highest BCUT2D eigenvalue weighted by molar-refractivity contribution is 7.26. The summed E-state index contributed by atoms with van der Waals surface area (Å²) in [7, 11) is 0. The second-order valence-corrected chi connectivity index (χ2v) is 15.0. The highest BCUT2D eigenvalue weighted by Crippen LogP contribution is 2.43. The van der Waals surface area contributed by atoms with Gasteiger partial charge in [0.05, 0.1) is 0 Å². The summed E-state index contributed by atoms with van der Waals surface area (Å²) in [6.07, 6.45) is 0. The molecule has 0 aliphatic rings. The zero-order valence-electron chi connectivity index (χ0n) is 29.6. The fourth-order valence-corrected chi connectivity index (χ4v) is 9.34. The van der Waals surface area contributed by atoms with Gasteiger partial charge >= 0.3 is 0 Å². The summed E-state index contributed by atoms with van der Waals surface area (Å²) in [5.41, 5.74) is 7.51. The van der Waals surface area contributed by atoms with Gasteiger partial charge < -0.3 is 0 Å². The predicted molar refractivity (Wildman–Crippen MR) is 232 cm³/mol. The smallest absolute Gasteiger partial charge is 0.165 e. The van der Waals surface area contributed by atoms with E-state index in [1.807, 2.05) is 0 Å². The van der Waals surface area contributed by atoms with E-state index >= 15 is 0 Å². The molecule has 0 atom stereocenters. The summed E-state index contributed by atoms with van der Waals surface area (Å²) in [4.78, 5) is 16.3. The van der Waals surface area contributed by atoms with Crippen LogP contribution in [0.4, 0.5) is 0 Å². The van der Waals surface area contributed by atoms with Crippen LogP contribution < -0.4 is 0 Å². The minimum absolute atomic E-state index is 0.645. The number of benzene rings is 9. The molecule has 55 heavy (non-hydrogen) atoms. The maximum absolute atomic E-state index is 5.45. The van der Waals surface area contributed by atoms with Crippen molar-refractivity contribution in [2.45, 2.75) is 0 Å². The molecule has 11 rings (SSSR count). The SMILES string of the molecule is c1ccc(-c2ccc(-c3nc(-c4c(-c5ccc6ccccc6c5)ccc5ccccc45)nc(-c4cccc5c4sc4ccccc45)n3)c3ccccc23)cc1. The van der Waals surface area contributed by atoms with E-state index in [1.165, 1.54) is 42.1 Å². The van der Waals surface area contributed by atoms with E-state index in [0.29, 0.717) is 17.5 Å². The first kappa shape index (κ1) is 31.5. The molecule has 0 saturated carbocycles. The Hall–Kier alpha value is -7.01. The first-order valence-electron chi connectivity index (χ1n) is 18.5. The van der Waals surface area contributed by atoms with Crippen LogP contribution in [0.5, 0.6) is 0 Å². The summed E-state index contributed by atoms with van der Waals surface area (Å²) < 4.78 is 2.42. The number of hydrogen-bond donors (Lipinski definition) is 0. The second kappa shape index (κ2) is 12.8. The Kier molecular flexibility index (Phi) is 7.35. The zero-order valence-corrected chi connectivity index (χ0v) is 30.5. The second-order valence-electron chi connectivity index (χ2n) is 13.9. The fourth-order valence-electron chi connectivity index (χ4n) is 8.13. The van der Waals surface area contributed by atoms with Crippen LogP contribution in [0.1, 0.15) is 0 Å². The Bertz CT molecular complexity index is 3270. The fraction of sp³-hybridized carbons (Fsp3) is 0. The van der Waals surface area contributed by atoms with E-state index in [0.717, 1.165) is 49.4 Å². The number of rotatable bonds is 5. The Labute approximate surface area is 321 Å². The summed E-state index contributed by atoms with van der Waals surface area (Å²) in [6.45, 7) is 0. The van der Waals surface area contributed by atoms with Gasteiger partial charge in [0.15, 0.2) is 17.5 Å². The Morgan fingerprint density at radius 3 is 1.73 bits per heavy atom. The molecule has 0 aliphatic heterocycles. The standard InChI is InChI=1S/C51H31N3S/c1-2-14-33(15-3-1)37-29-30-44(41-20-9-8-19-40(37)41)49-52-50(45-23-12-22-43-42-21-10-11-24-46(42)55-48(43)45)54-51(53-49)47-38-18-7-6-16-34(38)27-28-39(47)36-26-25-32-13-4-5-17-35(32)31-36/h1-31H. The first-order chi connectivity index (χ1) is 27.3. The Morgan fingerprint density at radius 1 is 0.309 bits per heavy atom.